The van der Waals surface area contributed by atoms with E-state index in [-0.39, 0.29) is 0 Å². The molecule has 2 atom stereocenters. The number of aliphatic hydroxyl groups excluding tert-OH is 1. The van der Waals surface area contributed by atoms with Crippen molar-refractivity contribution in [2.45, 2.75) is 12.2 Å². The molecule has 5 nitrogen and oxygen atoms in total. The summed E-state index contributed by atoms with van der Waals surface area (Å²) in [6.07, 6.45) is -1.39. The first kappa shape index (κ1) is 15.5. The highest BCUT2D eigenvalue weighted by Crippen LogP contribution is 2.27. The Labute approximate surface area is 127 Å². The van der Waals surface area contributed by atoms with Crippen LogP contribution in [0.25, 0.3) is 0 Å². The predicted octanol–water partition coefficient (Wildman–Crippen LogP) is 1.21. The molecule has 2 rings (SSSR count). The Morgan fingerprint density at radius 1 is 1.55 bits per heavy atom. The summed E-state index contributed by atoms with van der Waals surface area (Å²) in [6, 6.07) is 4.96. The monoisotopic (exact) mass is 318 g/mol. The lowest BCUT2D eigenvalue weighted by Crippen LogP contribution is -2.49. The van der Waals surface area contributed by atoms with Crippen LogP contribution in [0.4, 0.5) is 0 Å². The number of carbonyl (C=O) groups is 1. The van der Waals surface area contributed by atoms with Crippen LogP contribution in [0.3, 0.4) is 0 Å². The molecule has 1 aliphatic heterocycles. The van der Waals surface area contributed by atoms with Crippen molar-refractivity contribution >= 4 is 29.1 Å². The lowest BCUT2D eigenvalue weighted by Gasteiger charge is -2.32. The second-order valence-corrected chi connectivity index (χ2v) is 5.55. The molecule has 0 saturated carbocycles. The minimum absolute atomic E-state index is 0.356. The van der Waals surface area contributed by atoms with Gasteiger partial charge in [0.1, 0.15) is 6.10 Å². The summed E-state index contributed by atoms with van der Waals surface area (Å²) in [7, 11) is 0. The van der Waals surface area contributed by atoms with Gasteiger partial charge in [-0.3, -0.25) is 9.69 Å². The van der Waals surface area contributed by atoms with Crippen molar-refractivity contribution in [1.29, 1.82) is 0 Å². The first-order valence-corrected chi connectivity index (χ1v) is 6.99. The van der Waals surface area contributed by atoms with Crippen LogP contribution in [0.1, 0.15) is 11.7 Å². The molecular weight excluding hydrogens is 303 g/mol. The van der Waals surface area contributed by atoms with Gasteiger partial charge in [0.2, 0.25) is 5.91 Å². The number of nitrogens with zero attached hydrogens (tertiary/aromatic N) is 1. The fourth-order valence-corrected chi connectivity index (χ4v) is 2.69. The number of hydrogen-bond acceptors (Lipinski definition) is 4. The number of carbonyl (C=O) groups excluding carboxylic acids is 1. The normalized spacial score (nSPS) is 21.6. The summed E-state index contributed by atoms with van der Waals surface area (Å²) in [4.78, 5) is 13.0. The fourth-order valence-electron chi connectivity index (χ4n) is 2.16. The van der Waals surface area contributed by atoms with Crippen molar-refractivity contribution in [3.8, 4) is 0 Å². The SMILES string of the molecule is NC(=O)C1CN(CC(O)c2ccc(Cl)cc2Cl)CCO1. The third-order valence-electron chi connectivity index (χ3n) is 3.22. The molecule has 3 N–H and O–H groups in total. The third kappa shape index (κ3) is 3.84. The quantitative estimate of drug-likeness (QED) is 0.875. The van der Waals surface area contributed by atoms with Crippen molar-refractivity contribution in [2.75, 3.05) is 26.2 Å². The molecule has 0 aliphatic carbocycles. The summed E-state index contributed by atoms with van der Waals surface area (Å²) in [6.45, 7) is 1.77. The molecule has 110 valence electrons. The zero-order chi connectivity index (χ0) is 14.7. The van der Waals surface area contributed by atoms with Crippen LogP contribution in [0.15, 0.2) is 18.2 Å². The third-order valence-corrected chi connectivity index (χ3v) is 3.78. The largest absolute Gasteiger partial charge is 0.387 e. The summed E-state index contributed by atoms with van der Waals surface area (Å²) in [5.41, 5.74) is 5.83. The van der Waals surface area contributed by atoms with Gasteiger partial charge in [-0.15, -0.1) is 0 Å². The highest BCUT2D eigenvalue weighted by molar-refractivity contribution is 6.35. The molecule has 20 heavy (non-hydrogen) atoms. The van der Waals surface area contributed by atoms with E-state index in [1.54, 1.807) is 18.2 Å². The Kier molecular flexibility index (Phi) is 5.23. The average molecular weight is 319 g/mol. The summed E-state index contributed by atoms with van der Waals surface area (Å²) in [5, 5.41) is 11.2. The van der Waals surface area contributed by atoms with Crippen LogP contribution in [-0.4, -0.2) is 48.3 Å². The van der Waals surface area contributed by atoms with Gasteiger partial charge in [0.25, 0.3) is 0 Å². The maximum atomic E-state index is 11.1. The molecule has 0 spiro atoms. The molecule has 1 amide bonds. The number of hydrogen-bond donors (Lipinski definition) is 2. The Morgan fingerprint density at radius 3 is 2.95 bits per heavy atom. The smallest absolute Gasteiger partial charge is 0.247 e. The number of primary amides is 1. The average Bonchev–Trinajstić information content (AvgIpc) is 2.38. The van der Waals surface area contributed by atoms with Gasteiger partial charge < -0.3 is 15.6 Å². The van der Waals surface area contributed by atoms with Gasteiger partial charge in [-0.25, -0.2) is 0 Å². The lowest BCUT2D eigenvalue weighted by atomic mass is 10.1. The number of halogens is 2. The van der Waals surface area contributed by atoms with Gasteiger partial charge in [0, 0.05) is 35.2 Å². The highest BCUT2D eigenvalue weighted by atomic mass is 35.5. The zero-order valence-corrected chi connectivity index (χ0v) is 12.3. The molecule has 7 heteroatoms. The van der Waals surface area contributed by atoms with E-state index in [0.29, 0.717) is 41.8 Å². The van der Waals surface area contributed by atoms with E-state index in [1.807, 2.05) is 4.90 Å². The predicted molar refractivity (Wildman–Crippen MR) is 76.8 cm³/mol. The van der Waals surface area contributed by atoms with Gasteiger partial charge in [0.05, 0.1) is 12.7 Å². The zero-order valence-electron chi connectivity index (χ0n) is 10.8. The molecule has 0 radical (unpaired) electrons. The van der Waals surface area contributed by atoms with E-state index in [1.165, 1.54) is 0 Å². The molecule has 1 aliphatic rings. The number of β-amino-alcohol motifs (C(OH)–C–C–N with tert-alkyl or cyclic N) is 1. The van der Waals surface area contributed by atoms with Gasteiger partial charge in [-0.05, 0) is 12.1 Å². The fraction of sp³-hybridized carbons (Fsp3) is 0.462. The minimum atomic E-state index is -0.758. The first-order chi connectivity index (χ1) is 9.47. The minimum Gasteiger partial charge on any atom is -0.387 e. The Bertz CT molecular complexity index is 499. The standard InChI is InChI=1S/C13H16Cl2N2O3/c14-8-1-2-9(10(15)5-8)11(18)6-17-3-4-20-12(7-17)13(16)19/h1-2,5,11-12,18H,3-4,6-7H2,(H2,16,19). The van der Waals surface area contributed by atoms with Crippen molar-refractivity contribution in [3.63, 3.8) is 0 Å². The van der Waals surface area contributed by atoms with E-state index >= 15 is 0 Å². The Morgan fingerprint density at radius 2 is 2.30 bits per heavy atom. The summed E-state index contributed by atoms with van der Waals surface area (Å²) in [5.74, 6) is -0.492. The molecule has 1 saturated heterocycles. The molecule has 1 fully saturated rings. The summed E-state index contributed by atoms with van der Waals surface area (Å²) < 4.78 is 5.26. The van der Waals surface area contributed by atoms with Gasteiger partial charge in [-0.2, -0.15) is 0 Å². The molecule has 1 aromatic rings. The van der Waals surface area contributed by atoms with Crippen molar-refractivity contribution in [2.24, 2.45) is 5.73 Å². The second-order valence-electron chi connectivity index (χ2n) is 4.70. The van der Waals surface area contributed by atoms with Crippen LogP contribution in [0, 0.1) is 0 Å². The van der Waals surface area contributed by atoms with Crippen molar-refractivity contribution in [1.82, 2.24) is 4.90 Å². The van der Waals surface area contributed by atoms with Crippen LogP contribution < -0.4 is 5.73 Å². The van der Waals surface area contributed by atoms with Crippen molar-refractivity contribution < 1.29 is 14.6 Å². The maximum absolute atomic E-state index is 11.1. The molecule has 0 aromatic heterocycles. The number of benzene rings is 1. The molecule has 0 bridgehead atoms. The molecular formula is C13H16Cl2N2O3. The second kappa shape index (κ2) is 6.74. The topological polar surface area (TPSA) is 75.8 Å². The van der Waals surface area contributed by atoms with Crippen LogP contribution in [0.2, 0.25) is 10.0 Å². The van der Waals surface area contributed by atoms with Gasteiger partial charge >= 0.3 is 0 Å². The molecule has 2 unspecified atom stereocenters. The number of ether oxygens (including phenoxy) is 1. The van der Waals surface area contributed by atoms with E-state index in [2.05, 4.69) is 0 Å². The maximum Gasteiger partial charge on any atom is 0.247 e. The van der Waals surface area contributed by atoms with Crippen LogP contribution in [-0.2, 0) is 9.53 Å². The van der Waals surface area contributed by atoms with Crippen LogP contribution >= 0.6 is 23.2 Å². The van der Waals surface area contributed by atoms with Gasteiger partial charge in [0.15, 0.2) is 0 Å². The number of aliphatic hydroxyl groups is 1. The highest BCUT2D eigenvalue weighted by Gasteiger charge is 2.26. The van der Waals surface area contributed by atoms with E-state index in [4.69, 9.17) is 33.7 Å². The van der Waals surface area contributed by atoms with E-state index < -0.39 is 18.1 Å². The molecule has 1 heterocycles. The lowest BCUT2D eigenvalue weighted by molar-refractivity contribution is -0.135. The number of morpholine rings is 1. The first-order valence-electron chi connectivity index (χ1n) is 6.23. The molecule has 1 aromatic carbocycles. The number of nitrogens with two attached hydrogens (primary N) is 1. The van der Waals surface area contributed by atoms with E-state index in [9.17, 15) is 9.90 Å². The van der Waals surface area contributed by atoms with E-state index in [0.717, 1.165) is 0 Å². The Balaban J connectivity index is 2.00. The number of rotatable bonds is 4. The summed E-state index contributed by atoms with van der Waals surface area (Å²) >= 11 is 11.9. The number of amides is 1. The van der Waals surface area contributed by atoms with Crippen molar-refractivity contribution in [3.05, 3.63) is 33.8 Å². The van der Waals surface area contributed by atoms with Gasteiger partial charge in [-0.1, -0.05) is 29.3 Å². The van der Waals surface area contributed by atoms with Crippen LogP contribution in [0.5, 0.6) is 0 Å². The Hall–Kier alpha value is -0.850.